The molecule has 1 heterocycles. The maximum absolute atomic E-state index is 3.92. The van der Waals surface area contributed by atoms with Crippen molar-refractivity contribution in [2.45, 2.75) is 0 Å². The minimum atomic E-state index is 0. The molecule has 0 aromatic carbocycles. The molecule has 0 aliphatic carbocycles. The Morgan fingerprint density at radius 2 is 2.38 bits per heavy atom. The monoisotopic (exact) mass is 182 g/mol. The summed E-state index contributed by atoms with van der Waals surface area (Å²) in [6.07, 6.45) is 1.57. The summed E-state index contributed by atoms with van der Waals surface area (Å²) < 4.78 is 2.85. The van der Waals surface area contributed by atoms with Gasteiger partial charge in [-0.3, -0.25) is 0 Å². The molecule has 0 spiro atoms. The summed E-state index contributed by atoms with van der Waals surface area (Å²) in [5, 5.41) is 3.85. The van der Waals surface area contributed by atoms with Crippen molar-refractivity contribution < 1.29 is 18.3 Å². The molecule has 1 aromatic heterocycles. The average molecular weight is 184 g/mol. The first-order valence-electron chi connectivity index (χ1n) is 1.96. The van der Waals surface area contributed by atoms with Gasteiger partial charge in [0, 0.05) is 0 Å². The SMILES string of the molecule is Cl.Cn1ncn[c]1[Zn]. The number of aryl methyl sites for hydroxylation is 1. The van der Waals surface area contributed by atoms with Gasteiger partial charge in [0.05, 0.1) is 0 Å². The van der Waals surface area contributed by atoms with Crippen molar-refractivity contribution in [3.8, 4) is 0 Å². The Morgan fingerprint density at radius 3 is 2.50 bits per heavy atom. The predicted molar refractivity (Wildman–Crippen MR) is 27.9 cm³/mol. The molecule has 0 atom stereocenters. The molecule has 1 rings (SSSR count). The second-order valence-electron chi connectivity index (χ2n) is 1.30. The van der Waals surface area contributed by atoms with Gasteiger partial charge in [-0.15, -0.1) is 12.4 Å². The Bertz CT molecular complexity index is 147. The summed E-state index contributed by atoms with van der Waals surface area (Å²) in [5.74, 6) is 0. The minimum absolute atomic E-state index is 0. The summed E-state index contributed by atoms with van der Waals surface area (Å²) >= 11 is 1.08. The van der Waals surface area contributed by atoms with Crippen LogP contribution < -0.4 is 4.42 Å². The quantitative estimate of drug-likeness (QED) is 0.504. The number of halogens is 1. The number of aromatic nitrogens is 3. The zero-order valence-electron chi connectivity index (χ0n) is 4.53. The molecule has 0 aliphatic heterocycles. The van der Waals surface area contributed by atoms with Crippen LogP contribution in [0.2, 0.25) is 0 Å². The van der Waals surface area contributed by atoms with E-state index in [9.17, 15) is 0 Å². The summed E-state index contributed by atoms with van der Waals surface area (Å²) in [6.45, 7) is 0. The first-order chi connectivity index (χ1) is 3.30. The molecule has 0 amide bonds. The Hall–Kier alpha value is 0.0534. The number of rotatable bonds is 0. The molecule has 5 heteroatoms. The molecular formula is C3H5ClN3Zn. The molecule has 0 unspecified atom stereocenters. The van der Waals surface area contributed by atoms with E-state index in [1.807, 2.05) is 7.05 Å². The van der Waals surface area contributed by atoms with Gasteiger partial charge >= 0.3 is 50.9 Å². The second kappa shape index (κ2) is 3.15. The molecule has 0 saturated heterocycles. The van der Waals surface area contributed by atoms with Gasteiger partial charge < -0.3 is 0 Å². The van der Waals surface area contributed by atoms with Crippen LogP contribution >= 0.6 is 12.4 Å². The summed E-state index contributed by atoms with van der Waals surface area (Å²) in [5.41, 5.74) is 0. The van der Waals surface area contributed by atoms with Crippen LogP contribution in [-0.4, -0.2) is 14.8 Å². The summed E-state index contributed by atoms with van der Waals surface area (Å²) in [4.78, 5) is 3.92. The standard InChI is InChI=1S/C3H4N3.ClH.Zn/c1-6-3-4-2-5-6;;/h2H,1H3;1H;. The van der Waals surface area contributed by atoms with Crippen molar-refractivity contribution in [2.24, 2.45) is 7.05 Å². The fourth-order valence-corrected chi connectivity index (χ4v) is 0.663. The molecule has 1 aromatic rings. The van der Waals surface area contributed by atoms with Crippen molar-refractivity contribution in [3.63, 3.8) is 0 Å². The van der Waals surface area contributed by atoms with Crippen molar-refractivity contribution in [3.05, 3.63) is 6.33 Å². The van der Waals surface area contributed by atoms with E-state index in [0.717, 1.165) is 22.7 Å². The Balaban J connectivity index is 0.000000490. The van der Waals surface area contributed by atoms with Gasteiger partial charge in [-0.25, -0.2) is 0 Å². The van der Waals surface area contributed by atoms with Gasteiger partial charge in [-0.2, -0.15) is 0 Å². The van der Waals surface area contributed by atoms with Crippen LogP contribution in [0.25, 0.3) is 0 Å². The van der Waals surface area contributed by atoms with Crippen LogP contribution in [0.15, 0.2) is 6.33 Å². The van der Waals surface area contributed by atoms with Crippen LogP contribution in [0.4, 0.5) is 0 Å². The van der Waals surface area contributed by atoms with Crippen LogP contribution in [0, 0.1) is 0 Å². The molecule has 0 saturated carbocycles. The molecule has 8 heavy (non-hydrogen) atoms. The van der Waals surface area contributed by atoms with E-state index in [0.29, 0.717) is 0 Å². The van der Waals surface area contributed by atoms with Gasteiger partial charge in [-0.1, -0.05) is 0 Å². The molecule has 0 radical (unpaired) electrons. The van der Waals surface area contributed by atoms with E-state index < -0.39 is 0 Å². The van der Waals surface area contributed by atoms with E-state index in [1.54, 1.807) is 11.0 Å². The normalized spacial score (nSPS) is 8.38. The van der Waals surface area contributed by atoms with Gasteiger partial charge in [-0.05, 0) is 0 Å². The van der Waals surface area contributed by atoms with Gasteiger partial charge in [0.1, 0.15) is 0 Å². The van der Waals surface area contributed by atoms with Crippen LogP contribution in [0.5, 0.6) is 0 Å². The summed E-state index contributed by atoms with van der Waals surface area (Å²) in [6, 6.07) is 0. The zero-order chi connectivity index (χ0) is 5.28. The van der Waals surface area contributed by atoms with E-state index >= 15 is 0 Å². The molecule has 0 bridgehead atoms. The van der Waals surface area contributed by atoms with E-state index in [-0.39, 0.29) is 12.4 Å². The van der Waals surface area contributed by atoms with Gasteiger partial charge in [0.2, 0.25) is 0 Å². The third-order valence-corrected chi connectivity index (χ3v) is 2.15. The van der Waals surface area contributed by atoms with Crippen molar-refractivity contribution in [1.82, 2.24) is 14.8 Å². The van der Waals surface area contributed by atoms with Crippen LogP contribution in [0.1, 0.15) is 0 Å². The Kier molecular flexibility index (Phi) is 3.17. The van der Waals surface area contributed by atoms with Crippen molar-refractivity contribution >= 4 is 16.8 Å². The molecular weight excluding hydrogens is 179 g/mol. The number of hydrogen-bond donors (Lipinski definition) is 0. The van der Waals surface area contributed by atoms with Crippen molar-refractivity contribution in [2.75, 3.05) is 0 Å². The molecule has 0 aliphatic rings. The predicted octanol–water partition coefficient (Wildman–Crippen LogP) is -0.591. The second-order valence-corrected chi connectivity index (χ2v) is 2.63. The Morgan fingerprint density at radius 1 is 1.75 bits per heavy atom. The topological polar surface area (TPSA) is 30.7 Å². The fourth-order valence-electron chi connectivity index (χ4n) is 0.320. The maximum atomic E-state index is 3.92. The van der Waals surface area contributed by atoms with Gasteiger partial charge in [0.15, 0.2) is 0 Å². The van der Waals surface area contributed by atoms with Gasteiger partial charge in [0.25, 0.3) is 0 Å². The average Bonchev–Trinajstić information content (AvgIpc) is 1.91. The first-order valence-corrected chi connectivity index (χ1v) is 3.45. The van der Waals surface area contributed by atoms with Crippen LogP contribution in [0.3, 0.4) is 0 Å². The Labute approximate surface area is 63.6 Å². The molecule has 0 fully saturated rings. The third-order valence-electron chi connectivity index (χ3n) is 0.805. The van der Waals surface area contributed by atoms with E-state index in [4.69, 9.17) is 0 Å². The van der Waals surface area contributed by atoms with E-state index in [2.05, 4.69) is 10.1 Å². The van der Waals surface area contributed by atoms with E-state index in [1.165, 1.54) is 0 Å². The third kappa shape index (κ3) is 1.53. The molecule has 3 nitrogen and oxygen atoms in total. The van der Waals surface area contributed by atoms with Crippen molar-refractivity contribution in [1.29, 1.82) is 0 Å². The fraction of sp³-hybridized carbons (Fsp3) is 0.333. The number of nitrogens with zero attached hydrogens (tertiary/aromatic N) is 3. The first kappa shape index (κ1) is 8.05. The zero-order valence-corrected chi connectivity index (χ0v) is 8.32. The summed E-state index contributed by atoms with van der Waals surface area (Å²) in [7, 11) is 1.89. The van der Waals surface area contributed by atoms with Crippen LogP contribution in [-0.2, 0) is 25.3 Å². The molecule has 41 valence electrons. The molecule has 0 N–H and O–H groups in total. The number of hydrogen-bond acceptors (Lipinski definition) is 2.